The molecule has 34 heavy (non-hydrogen) atoms. The standard InChI is InChI=1S/C25H31N3O5S/c1-27(2)34(31,32)20-13-14-22(28-15-7-4-8-16-28)21(17-20)25(30)33-23(18-9-5-3-6-10-18)24(29)26-19-11-12-19/h3,5-6,9-10,13-14,17,19,23H,4,7-8,11-12,15-16H2,1-2H3,(H,26,29). The summed E-state index contributed by atoms with van der Waals surface area (Å²) in [5, 5.41) is 2.91. The number of carbonyl (C=O) groups is 2. The molecule has 1 N–H and O–H groups in total. The van der Waals surface area contributed by atoms with Gasteiger partial charge in [-0.3, -0.25) is 4.79 Å². The second-order valence-corrected chi connectivity index (χ2v) is 11.1. The molecule has 2 aromatic rings. The summed E-state index contributed by atoms with van der Waals surface area (Å²) < 4.78 is 32.4. The quantitative estimate of drug-likeness (QED) is 0.578. The van der Waals surface area contributed by atoms with E-state index in [0.717, 1.165) is 49.5 Å². The van der Waals surface area contributed by atoms with E-state index in [1.54, 1.807) is 30.3 Å². The number of ether oxygens (including phenoxy) is 1. The SMILES string of the molecule is CN(C)S(=O)(=O)c1ccc(N2CCCCC2)c(C(=O)OC(C(=O)NC2CC2)c2ccccc2)c1. The average molecular weight is 486 g/mol. The summed E-state index contributed by atoms with van der Waals surface area (Å²) in [4.78, 5) is 28.6. The smallest absolute Gasteiger partial charge is 0.341 e. The number of piperidine rings is 1. The van der Waals surface area contributed by atoms with E-state index in [-0.39, 0.29) is 22.4 Å². The van der Waals surface area contributed by atoms with Gasteiger partial charge in [0.05, 0.1) is 16.1 Å². The van der Waals surface area contributed by atoms with E-state index in [4.69, 9.17) is 4.74 Å². The maximum absolute atomic E-state index is 13.5. The maximum Gasteiger partial charge on any atom is 0.341 e. The fourth-order valence-electron chi connectivity index (χ4n) is 4.04. The molecule has 0 spiro atoms. The van der Waals surface area contributed by atoms with Crippen molar-refractivity contribution >= 4 is 27.6 Å². The molecule has 2 fully saturated rings. The van der Waals surface area contributed by atoms with Gasteiger partial charge in [0.25, 0.3) is 5.91 Å². The largest absolute Gasteiger partial charge is 0.444 e. The van der Waals surface area contributed by atoms with E-state index in [9.17, 15) is 18.0 Å². The summed E-state index contributed by atoms with van der Waals surface area (Å²) in [6, 6.07) is 13.5. The number of carbonyl (C=O) groups excluding carboxylic acids is 2. The van der Waals surface area contributed by atoms with Gasteiger partial charge in [-0.25, -0.2) is 17.5 Å². The van der Waals surface area contributed by atoms with Gasteiger partial charge in [0, 0.05) is 38.8 Å². The zero-order chi connectivity index (χ0) is 24.3. The van der Waals surface area contributed by atoms with Crippen LogP contribution in [0.1, 0.15) is 54.1 Å². The molecule has 182 valence electrons. The summed E-state index contributed by atoms with van der Waals surface area (Å²) in [5.74, 6) is -1.10. The minimum atomic E-state index is -3.76. The Morgan fingerprint density at radius 2 is 1.71 bits per heavy atom. The van der Waals surface area contributed by atoms with Gasteiger partial charge < -0.3 is 15.0 Å². The number of rotatable bonds is 8. The lowest BCUT2D eigenvalue weighted by Crippen LogP contribution is -2.34. The number of amides is 1. The molecule has 4 rings (SSSR count). The van der Waals surface area contributed by atoms with Crippen molar-refractivity contribution < 1.29 is 22.7 Å². The summed E-state index contributed by atoms with van der Waals surface area (Å²) >= 11 is 0. The van der Waals surface area contributed by atoms with Gasteiger partial charge in [0.1, 0.15) is 0 Å². The van der Waals surface area contributed by atoms with Crippen LogP contribution in [-0.2, 0) is 19.6 Å². The second kappa shape index (κ2) is 10.1. The lowest BCUT2D eigenvalue weighted by atomic mass is 10.1. The third-order valence-electron chi connectivity index (χ3n) is 6.15. The normalized spacial score (nSPS) is 17.3. The third kappa shape index (κ3) is 5.42. The Morgan fingerprint density at radius 1 is 1.03 bits per heavy atom. The molecule has 1 atom stereocenters. The Balaban J connectivity index is 1.70. The van der Waals surface area contributed by atoms with Crippen LogP contribution in [0.25, 0.3) is 0 Å². The van der Waals surface area contributed by atoms with Crippen LogP contribution in [0.15, 0.2) is 53.4 Å². The fourth-order valence-corrected chi connectivity index (χ4v) is 4.96. The first kappa shape index (κ1) is 24.2. The molecule has 1 saturated heterocycles. The Bertz CT molecular complexity index is 1140. The molecule has 8 nitrogen and oxygen atoms in total. The number of benzene rings is 2. The molecular formula is C25H31N3O5S. The number of esters is 1. The van der Waals surface area contributed by atoms with Gasteiger partial charge in [0.2, 0.25) is 16.1 Å². The van der Waals surface area contributed by atoms with Crippen LogP contribution in [0.2, 0.25) is 0 Å². The van der Waals surface area contributed by atoms with Gasteiger partial charge in [-0.15, -0.1) is 0 Å². The van der Waals surface area contributed by atoms with Crippen LogP contribution in [-0.4, -0.2) is 57.8 Å². The Morgan fingerprint density at radius 3 is 2.32 bits per heavy atom. The summed E-state index contributed by atoms with van der Waals surface area (Å²) in [7, 11) is -0.869. The van der Waals surface area contributed by atoms with Crippen LogP contribution >= 0.6 is 0 Å². The van der Waals surface area contributed by atoms with Crippen molar-refractivity contribution in [3.63, 3.8) is 0 Å². The highest BCUT2D eigenvalue weighted by Crippen LogP contribution is 2.31. The maximum atomic E-state index is 13.5. The second-order valence-electron chi connectivity index (χ2n) is 8.99. The molecule has 2 aromatic carbocycles. The number of nitrogens with zero attached hydrogens (tertiary/aromatic N) is 2. The van der Waals surface area contributed by atoms with Gasteiger partial charge >= 0.3 is 5.97 Å². The van der Waals surface area contributed by atoms with Crippen molar-refractivity contribution in [2.24, 2.45) is 0 Å². The van der Waals surface area contributed by atoms with E-state index in [0.29, 0.717) is 11.3 Å². The lowest BCUT2D eigenvalue weighted by Gasteiger charge is -2.30. The number of hydrogen-bond acceptors (Lipinski definition) is 6. The number of nitrogens with one attached hydrogen (secondary N) is 1. The monoisotopic (exact) mass is 485 g/mol. The molecule has 1 amide bonds. The minimum absolute atomic E-state index is 0.00361. The van der Waals surface area contributed by atoms with E-state index in [1.807, 2.05) is 6.07 Å². The molecule has 9 heteroatoms. The van der Waals surface area contributed by atoms with Gasteiger partial charge in [-0.1, -0.05) is 30.3 Å². The highest BCUT2D eigenvalue weighted by atomic mass is 32.2. The Labute approximate surface area is 200 Å². The number of hydrogen-bond donors (Lipinski definition) is 1. The molecule has 1 aliphatic carbocycles. The van der Waals surface area contributed by atoms with Crippen molar-refractivity contribution in [1.82, 2.24) is 9.62 Å². The van der Waals surface area contributed by atoms with Crippen LogP contribution in [0, 0.1) is 0 Å². The van der Waals surface area contributed by atoms with Crippen molar-refractivity contribution in [1.29, 1.82) is 0 Å². The van der Waals surface area contributed by atoms with Gasteiger partial charge in [0.15, 0.2) is 0 Å². The van der Waals surface area contributed by atoms with Crippen molar-refractivity contribution in [2.45, 2.75) is 49.1 Å². The Hall–Kier alpha value is -2.91. The van der Waals surface area contributed by atoms with Crippen LogP contribution in [0.5, 0.6) is 0 Å². The molecule has 1 heterocycles. The Kier molecular flexibility index (Phi) is 7.23. The number of sulfonamides is 1. The van der Waals surface area contributed by atoms with E-state index < -0.39 is 22.1 Å². The van der Waals surface area contributed by atoms with E-state index >= 15 is 0 Å². The molecule has 0 aromatic heterocycles. The topological polar surface area (TPSA) is 96.0 Å². The summed E-state index contributed by atoms with van der Waals surface area (Å²) in [6.07, 6.45) is 3.78. The van der Waals surface area contributed by atoms with Gasteiger partial charge in [-0.2, -0.15) is 0 Å². The highest BCUT2D eigenvalue weighted by molar-refractivity contribution is 7.89. The highest BCUT2D eigenvalue weighted by Gasteiger charge is 2.32. The number of anilines is 1. The molecule has 1 saturated carbocycles. The third-order valence-corrected chi connectivity index (χ3v) is 7.96. The van der Waals surface area contributed by atoms with Gasteiger partial charge in [-0.05, 0) is 50.3 Å². The molecule has 0 bridgehead atoms. The van der Waals surface area contributed by atoms with Crippen LogP contribution in [0.3, 0.4) is 0 Å². The fraction of sp³-hybridized carbons (Fsp3) is 0.440. The minimum Gasteiger partial charge on any atom is -0.444 e. The molecule has 0 radical (unpaired) electrons. The molecule has 1 aliphatic heterocycles. The van der Waals surface area contributed by atoms with Crippen molar-refractivity contribution in [3.8, 4) is 0 Å². The molecule has 2 aliphatic rings. The average Bonchev–Trinajstić information content (AvgIpc) is 3.67. The zero-order valence-electron chi connectivity index (χ0n) is 19.6. The molecule has 1 unspecified atom stereocenters. The first-order valence-electron chi connectivity index (χ1n) is 11.6. The summed E-state index contributed by atoms with van der Waals surface area (Å²) in [6.45, 7) is 1.54. The van der Waals surface area contributed by atoms with Crippen LogP contribution in [0.4, 0.5) is 5.69 Å². The summed E-state index contributed by atoms with van der Waals surface area (Å²) in [5.41, 5.74) is 1.33. The first-order chi connectivity index (χ1) is 16.3. The predicted molar refractivity (Wildman–Crippen MR) is 129 cm³/mol. The zero-order valence-corrected chi connectivity index (χ0v) is 20.4. The van der Waals surface area contributed by atoms with E-state index in [2.05, 4.69) is 10.2 Å². The first-order valence-corrected chi connectivity index (χ1v) is 13.1. The predicted octanol–water partition coefficient (Wildman–Crippen LogP) is 3.10. The molecular weight excluding hydrogens is 454 g/mol. The van der Waals surface area contributed by atoms with Crippen molar-refractivity contribution in [2.75, 3.05) is 32.1 Å². The lowest BCUT2D eigenvalue weighted by molar-refractivity contribution is -0.130. The van der Waals surface area contributed by atoms with Crippen molar-refractivity contribution in [3.05, 3.63) is 59.7 Å². The van der Waals surface area contributed by atoms with Crippen LogP contribution < -0.4 is 10.2 Å². The van der Waals surface area contributed by atoms with E-state index in [1.165, 1.54) is 26.2 Å².